The van der Waals surface area contributed by atoms with Crippen LogP contribution in [0.15, 0.2) is 127 Å². The first kappa shape index (κ1) is 30.9. The molecule has 232 valence electrons. The van der Waals surface area contributed by atoms with E-state index >= 15 is 0 Å². The lowest BCUT2D eigenvalue weighted by Crippen LogP contribution is -2.70. The number of hydrogen-bond acceptors (Lipinski definition) is 6. The minimum absolute atomic E-state index is 0.0429. The van der Waals surface area contributed by atoms with E-state index in [1.807, 2.05) is 97.3 Å². The van der Waals surface area contributed by atoms with Crippen molar-refractivity contribution in [3.63, 3.8) is 0 Å². The van der Waals surface area contributed by atoms with Gasteiger partial charge in [-0.1, -0.05) is 84.9 Å². The number of esters is 1. The number of methoxy groups -OCH3 is 1. The smallest absolute Gasteiger partial charge is 0.355 e. The molecule has 2 aliphatic heterocycles. The molecule has 1 saturated heterocycles. The monoisotopic (exact) mass is 632 g/mol. The average molecular weight is 633 g/mol. The Balaban J connectivity index is 1.19. The number of β-lactam (4-membered cyclic amide) rings is 1. The zero-order chi connectivity index (χ0) is 31.9. The van der Waals surface area contributed by atoms with Gasteiger partial charge < -0.3 is 14.8 Å². The highest BCUT2D eigenvalue weighted by Crippen LogP contribution is 2.41. The fourth-order valence-corrected chi connectivity index (χ4v) is 6.70. The normalized spacial score (nSPS) is 17.3. The fraction of sp³-hybridized carbons (Fsp3) is 0.189. The second kappa shape index (κ2) is 14.3. The zero-order valence-electron chi connectivity index (χ0n) is 25.4. The van der Waals surface area contributed by atoms with Gasteiger partial charge in [0.1, 0.15) is 29.5 Å². The number of aromatic nitrogens is 1. The number of pyridine rings is 1. The summed E-state index contributed by atoms with van der Waals surface area (Å²) in [5.41, 5.74) is 4.69. The number of rotatable bonds is 11. The maximum absolute atomic E-state index is 13.6. The van der Waals surface area contributed by atoms with E-state index in [1.165, 1.54) is 16.7 Å². The minimum Gasteiger partial charge on any atom is -0.497 e. The molecule has 2 unspecified atom stereocenters. The predicted octanol–water partition coefficient (Wildman–Crippen LogP) is 4.68. The van der Waals surface area contributed by atoms with Crippen molar-refractivity contribution >= 4 is 35.6 Å². The number of nitrogens with one attached hydrogen (secondary N) is 1. The number of carbonyl (C=O) groups is 3. The van der Waals surface area contributed by atoms with Crippen molar-refractivity contribution in [3.05, 3.63) is 149 Å². The van der Waals surface area contributed by atoms with Crippen LogP contribution < -0.4 is 14.6 Å². The average Bonchev–Trinajstić information content (AvgIpc) is 3.10. The fourth-order valence-electron chi connectivity index (χ4n) is 5.39. The van der Waals surface area contributed by atoms with Gasteiger partial charge in [-0.3, -0.25) is 14.5 Å². The van der Waals surface area contributed by atoms with E-state index in [1.54, 1.807) is 19.2 Å². The van der Waals surface area contributed by atoms with E-state index < -0.39 is 17.4 Å². The van der Waals surface area contributed by atoms with Gasteiger partial charge in [0.05, 0.1) is 13.5 Å². The number of hydrogen-bond donors (Lipinski definition) is 1. The summed E-state index contributed by atoms with van der Waals surface area (Å²) in [5.74, 6) is 0.0288. The molecule has 9 heteroatoms. The first-order valence-corrected chi connectivity index (χ1v) is 16.1. The van der Waals surface area contributed by atoms with Crippen LogP contribution in [-0.2, 0) is 38.7 Å². The Kier molecular flexibility index (Phi) is 9.59. The molecule has 3 heterocycles. The highest BCUT2D eigenvalue weighted by atomic mass is 32.2. The van der Waals surface area contributed by atoms with Crippen LogP contribution in [0.3, 0.4) is 0 Å². The van der Waals surface area contributed by atoms with Crippen molar-refractivity contribution in [3.8, 4) is 5.75 Å². The number of ether oxygens (including phenoxy) is 2. The van der Waals surface area contributed by atoms with Crippen molar-refractivity contribution in [2.24, 2.45) is 0 Å². The third-order valence-electron chi connectivity index (χ3n) is 7.84. The van der Waals surface area contributed by atoms with Crippen molar-refractivity contribution in [2.75, 3.05) is 12.9 Å². The Labute approximate surface area is 272 Å². The summed E-state index contributed by atoms with van der Waals surface area (Å²) in [4.78, 5) is 41.3. The van der Waals surface area contributed by atoms with Crippen LogP contribution in [0.1, 0.15) is 22.3 Å². The number of amides is 2. The second-order valence-electron chi connectivity index (χ2n) is 11.0. The predicted molar refractivity (Wildman–Crippen MR) is 176 cm³/mol. The molecule has 2 amide bonds. The molecular formula is C37H34N3O5S+. The second-order valence-corrected chi connectivity index (χ2v) is 12.1. The van der Waals surface area contributed by atoms with Crippen LogP contribution in [0, 0.1) is 0 Å². The van der Waals surface area contributed by atoms with E-state index in [9.17, 15) is 14.4 Å². The van der Waals surface area contributed by atoms with E-state index in [-0.39, 0.29) is 30.5 Å². The van der Waals surface area contributed by atoms with Crippen LogP contribution in [0.25, 0.3) is 6.08 Å². The number of benzene rings is 3. The molecule has 0 radical (unpaired) electrons. The van der Waals surface area contributed by atoms with E-state index in [2.05, 4.69) is 22.0 Å². The van der Waals surface area contributed by atoms with Gasteiger partial charge in [0, 0.05) is 23.4 Å². The Bertz CT molecular complexity index is 1760. The summed E-state index contributed by atoms with van der Waals surface area (Å²) >= 11 is 1.52. The van der Waals surface area contributed by atoms with Gasteiger partial charge in [-0.25, -0.2) is 9.36 Å². The molecule has 1 fully saturated rings. The standard InChI is InChI=1S/C37H33N3O5S/c1-44-31-18-15-29(16-19-31)24-45-37(43)34-30(17-14-26-10-12-28(13-11-26)23-39-20-6-3-7-21-39)25-46-36-33(35(42)40(34)36)38-32(41)22-27-8-4-2-5-9-27/h2-21,33,36H,22-25H2,1H3/p+1/b17-14+. The van der Waals surface area contributed by atoms with Crippen LogP contribution in [0.2, 0.25) is 0 Å². The number of carbonyl (C=O) groups excluding carboxylic acids is 3. The van der Waals surface area contributed by atoms with Crippen LogP contribution in [0.4, 0.5) is 0 Å². The van der Waals surface area contributed by atoms with Gasteiger partial charge >= 0.3 is 5.97 Å². The third kappa shape index (κ3) is 7.21. The van der Waals surface area contributed by atoms with Crippen LogP contribution >= 0.6 is 11.8 Å². The molecule has 0 bridgehead atoms. The van der Waals surface area contributed by atoms with Crippen molar-refractivity contribution in [1.82, 2.24) is 10.2 Å². The number of thioether (sulfide) groups is 1. The summed E-state index contributed by atoms with van der Waals surface area (Å²) in [6, 6.07) is 30.1. The minimum atomic E-state index is -0.717. The largest absolute Gasteiger partial charge is 0.497 e. The zero-order valence-corrected chi connectivity index (χ0v) is 26.2. The summed E-state index contributed by atoms with van der Waals surface area (Å²) in [7, 11) is 1.59. The van der Waals surface area contributed by atoms with Crippen molar-refractivity contribution in [1.29, 1.82) is 0 Å². The summed E-state index contributed by atoms with van der Waals surface area (Å²) < 4.78 is 13.1. The summed E-state index contributed by atoms with van der Waals surface area (Å²) in [5, 5.41) is 2.48. The first-order chi connectivity index (χ1) is 22.5. The molecule has 1 aromatic heterocycles. The molecule has 2 atom stereocenters. The van der Waals surface area contributed by atoms with Crippen LogP contribution in [-0.4, -0.2) is 47.0 Å². The highest BCUT2D eigenvalue weighted by molar-refractivity contribution is 8.00. The molecule has 0 spiro atoms. The quantitative estimate of drug-likeness (QED) is 0.147. The summed E-state index contributed by atoms with van der Waals surface area (Å²) in [6.07, 6.45) is 8.05. The Morgan fingerprint density at radius 3 is 2.30 bits per heavy atom. The molecule has 6 rings (SSSR count). The number of nitrogens with zero attached hydrogens (tertiary/aromatic N) is 2. The highest BCUT2D eigenvalue weighted by Gasteiger charge is 2.54. The van der Waals surface area contributed by atoms with Crippen molar-refractivity contribution < 1.29 is 28.4 Å². The molecule has 46 heavy (non-hydrogen) atoms. The summed E-state index contributed by atoms with van der Waals surface area (Å²) in [6.45, 7) is 0.805. The lowest BCUT2D eigenvalue weighted by molar-refractivity contribution is -0.688. The van der Waals surface area contributed by atoms with Crippen LogP contribution in [0.5, 0.6) is 5.75 Å². The van der Waals surface area contributed by atoms with Gasteiger partial charge in [0.2, 0.25) is 5.91 Å². The Morgan fingerprint density at radius 1 is 0.891 bits per heavy atom. The Hall–Kier alpha value is -5.15. The molecule has 8 nitrogen and oxygen atoms in total. The Morgan fingerprint density at radius 2 is 1.59 bits per heavy atom. The molecule has 2 aliphatic rings. The van der Waals surface area contributed by atoms with E-state index in [4.69, 9.17) is 9.47 Å². The van der Waals surface area contributed by atoms with Gasteiger partial charge in [-0.05, 0) is 34.4 Å². The number of allylic oxidation sites excluding steroid dienone is 1. The molecule has 0 aliphatic carbocycles. The lowest BCUT2D eigenvalue weighted by atomic mass is 10.0. The molecule has 1 N–H and O–H groups in total. The van der Waals surface area contributed by atoms with Crippen molar-refractivity contribution in [2.45, 2.75) is 31.0 Å². The topological polar surface area (TPSA) is 88.8 Å². The lowest BCUT2D eigenvalue weighted by Gasteiger charge is -2.49. The third-order valence-corrected chi connectivity index (χ3v) is 9.15. The molecule has 3 aromatic carbocycles. The van der Waals surface area contributed by atoms with Gasteiger partial charge in [0.25, 0.3) is 5.91 Å². The van der Waals surface area contributed by atoms with Gasteiger partial charge in [-0.2, -0.15) is 0 Å². The maximum Gasteiger partial charge on any atom is 0.355 e. The number of fused-ring (bicyclic) bond motifs is 1. The maximum atomic E-state index is 13.6. The van der Waals surface area contributed by atoms with Gasteiger partial charge in [0.15, 0.2) is 18.9 Å². The van der Waals surface area contributed by atoms with Gasteiger partial charge in [-0.15, -0.1) is 11.8 Å². The molecule has 4 aromatic rings. The van der Waals surface area contributed by atoms with E-state index in [0.717, 1.165) is 28.8 Å². The first-order valence-electron chi connectivity index (χ1n) is 15.0. The van der Waals surface area contributed by atoms with E-state index in [0.29, 0.717) is 17.1 Å². The molecular weight excluding hydrogens is 598 g/mol. The molecule has 0 saturated carbocycles. The SMILES string of the molecule is COc1ccc(COC(=O)C2=C(/C=C/c3ccc(C[n+]4ccccc4)cc3)CSC3C(NC(=O)Cc4ccccc4)C(=O)N23)cc1.